The molecule has 1 atom stereocenters. The SMILES string of the molecule is CN(C)c1cccc(-c2nc(C3CC(=O)N(c4cc(F)cc(F)c4)C3)no2)c1. The largest absolute Gasteiger partial charge is 0.378 e. The summed E-state index contributed by atoms with van der Waals surface area (Å²) in [7, 11) is 3.87. The zero-order valence-electron chi connectivity index (χ0n) is 15.4. The average molecular weight is 384 g/mol. The van der Waals surface area contributed by atoms with E-state index in [-0.39, 0.29) is 30.5 Å². The van der Waals surface area contributed by atoms with E-state index in [4.69, 9.17) is 4.52 Å². The molecular weight excluding hydrogens is 366 g/mol. The third kappa shape index (κ3) is 3.45. The van der Waals surface area contributed by atoms with Crippen LogP contribution in [0, 0.1) is 11.6 Å². The standard InChI is InChI=1S/C20H18F2N4O2/c1-25(2)16-5-3-4-12(6-16)20-23-19(24-28-20)13-7-18(27)26(11-13)17-9-14(21)8-15(22)10-17/h3-6,8-10,13H,7,11H2,1-2H3. The first-order chi connectivity index (χ1) is 13.4. The molecule has 0 spiro atoms. The summed E-state index contributed by atoms with van der Waals surface area (Å²) >= 11 is 0. The lowest BCUT2D eigenvalue weighted by atomic mass is 10.1. The van der Waals surface area contributed by atoms with Gasteiger partial charge >= 0.3 is 0 Å². The molecule has 0 bridgehead atoms. The molecule has 3 aromatic rings. The molecule has 4 rings (SSSR count). The van der Waals surface area contributed by atoms with Crippen molar-refractivity contribution in [2.45, 2.75) is 12.3 Å². The van der Waals surface area contributed by atoms with Gasteiger partial charge in [-0.05, 0) is 30.3 Å². The maximum atomic E-state index is 13.5. The van der Waals surface area contributed by atoms with Gasteiger partial charge in [-0.25, -0.2) is 8.78 Å². The van der Waals surface area contributed by atoms with Crippen LogP contribution >= 0.6 is 0 Å². The van der Waals surface area contributed by atoms with Crippen LogP contribution in [-0.2, 0) is 4.79 Å². The molecule has 1 amide bonds. The van der Waals surface area contributed by atoms with E-state index < -0.39 is 11.6 Å². The predicted octanol–water partition coefficient (Wildman–Crippen LogP) is 3.60. The van der Waals surface area contributed by atoms with Crippen molar-refractivity contribution in [3.8, 4) is 11.5 Å². The number of benzene rings is 2. The Morgan fingerprint density at radius 3 is 2.61 bits per heavy atom. The van der Waals surface area contributed by atoms with Crippen molar-refractivity contribution in [2.24, 2.45) is 0 Å². The monoisotopic (exact) mass is 384 g/mol. The van der Waals surface area contributed by atoms with Crippen LogP contribution in [0.4, 0.5) is 20.2 Å². The second-order valence-corrected chi connectivity index (χ2v) is 6.94. The number of hydrogen-bond donors (Lipinski definition) is 0. The molecule has 1 aliphatic heterocycles. The molecule has 28 heavy (non-hydrogen) atoms. The Hall–Kier alpha value is -3.29. The summed E-state index contributed by atoms with van der Waals surface area (Å²) in [5.41, 5.74) is 1.96. The van der Waals surface area contributed by atoms with Crippen molar-refractivity contribution >= 4 is 17.3 Å². The van der Waals surface area contributed by atoms with Crippen LogP contribution in [-0.4, -0.2) is 36.7 Å². The highest BCUT2D eigenvalue weighted by molar-refractivity contribution is 5.96. The normalized spacial score (nSPS) is 16.6. The quantitative estimate of drug-likeness (QED) is 0.688. The van der Waals surface area contributed by atoms with Gasteiger partial charge in [0.25, 0.3) is 5.89 Å². The lowest BCUT2D eigenvalue weighted by Crippen LogP contribution is -2.24. The molecule has 1 saturated heterocycles. The van der Waals surface area contributed by atoms with E-state index in [1.54, 1.807) is 0 Å². The highest BCUT2D eigenvalue weighted by Gasteiger charge is 2.35. The highest BCUT2D eigenvalue weighted by Crippen LogP contribution is 2.32. The summed E-state index contributed by atoms with van der Waals surface area (Å²) in [6.07, 6.45) is 0.148. The minimum Gasteiger partial charge on any atom is -0.378 e. The number of hydrogen-bond acceptors (Lipinski definition) is 5. The summed E-state index contributed by atoms with van der Waals surface area (Å²) in [6.45, 7) is 0.235. The molecule has 8 heteroatoms. The van der Waals surface area contributed by atoms with Crippen molar-refractivity contribution in [1.29, 1.82) is 0 Å². The zero-order valence-corrected chi connectivity index (χ0v) is 15.4. The fourth-order valence-corrected chi connectivity index (χ4v) is 3.26. The second kappa shape index (κ2) is 7.03. The summed E-state index contributed by atoms with van der Waals surface area (Å²) in [5.74, 6) is -1.24. The predicted molar refractivity (Wildman–Crippen MR) is 100 cm³/mol. The van der Waals surface area contributed by atoms with Crippen molar-refractivity contribution < 1.29 is 18.1 Å². The zero-order chi connectivity index (χ0) is 19.8. The number of halogens is 2. The Bertz CT molecular complexity index is 1010. The topological polar surface area (TPSA) is 62.5 Å². The van der Waals surface area contributed by atoms with Crippen LogP contribution in [0.25, 0.3) is 11.5 Å². The number of nitrogens with zero attached hydrogens (tertiary/aromatic N) is 4. The molecule has 6 nitrogen and oxygen atoms in total. The Balaban J connectivity index is 1.56. The average Bonchev–Trinajstić information content (AvgIpc) is 3.28. The summed E-state index contributed by atoms with van der Waals surface area (Å²) in [6, 6.07) is 10.7. The number of anilines is 2. The first-order valence-electron chi connectivity index (χ1n) is 8.78. The number of carbonyl (C=O) groups is 1. The van der Waals surface area contributed by atoms with Gasteiger partial charge in [-0.15, -0.1) is 0 Å². The van der Waals surface area contributed by atoms with Crippen LogP contribution in [0.3, 0.4) is 0 Å². The minimum absolute atomic E-state index is 0.148. The number of aromatic nitrogens is 2. The Kier molecular flexibility index (Phi) is 4.54. The van der Waals surface area contributed by atoms with Crippen LogP contribution in [0.5, 0.6) is 0 Å². The van der Waals surface area contributed by atoms with E-state index in [1.165, 1.54) is 4.90 Å². The molecular formula is C20H18F2N4O2. The van der Waals surface area contributed by atoms with Crippen molar-refractivity contribution in [1.82, 2.24) is 10.1 Å². The third-order valence-electron chi connectivity index (χ3n) is 4.70. The van der Waals surface area contributed by atoms with E-state index in [1.807, 2.05) is 43.3 Å². The molecule has 144 valence electrons. The van der Waals surface area contributed by atoms with Gasteiger partial charge in [0.15, 0.2) is 5.82 Å². The van der Waals surface area contributed by atoms with Gasteiger partial charge in [0.05, 0.1) is 0 Å². The highest BCUT2D eigenvalue weighted by atomic mass is 19.1. The molecule has 0 radical (unpaired) electrons. The Morgan fingerprint density at radius 1 is 1.14 bits per heavy atom. The fraction of sp³-hybridized carbons (Fsp3) is 0.250. The molecule has 2 heterocycles. The van der Waals surface area contributed by atoms with Gasteiger partial charge in [0, 0.05) is 56.0 Å². The van der Waals surface area contributed by atoms with Gasteiger partial charge < -0.3 is 14.3 Å². The third-order valence-corrected chi connectivity index (χ3v) is 4.70. The van der Waals surface area contributed by atoms with Crippen LogP contribution < -0.4 is 9.80 Å². The van der Waals surface area contributed by atoms with E-state index >= 15 is 0 Å². The van der Waals surface area contributed by atoms with Gasteiger partial charge in [-0.2, -0.15) is 4.98 Å². The summed E-state index contributed by atoms with van der Waals surface area (Å²) < 4.78 is 32.4. The van der Waals surface area contributed by atoms with Crippen molar-refractivity contribution in [3.05, 3.63) is 59.9 Å². The minimum atomic E-state index is -0.728. The molecule has 0 N–H and O–H groups in total. The molecule has 1 aliphatic rings. The summed E-state index contributed by atoms with van der Waals surface area (Å²) in [4.78, 5) is 20.1. The van der Waals surface area contributed by atoms with Crippen molar-refractivity contribution in [2.75, 3.05) is 30.4 Å². The van der Waals surface area contributed by atoms with Crippen LogP contribution in [0.15, 0.2) is 47.0 Å². The van der Waals surface area contributed by atoms with Gasteiger partial charge in [-0.3, -0.25) is 4.79 Å². The fourth-order valence-electron chi connectivity index (χ4n) is 3.26. The van der Waals surface area contributed by atoms with E-state index in [2.05, 4.69) is 10.1 Å². The van der Waals surface area contributed by atoms with E-state index in [9.17, 15) is 13.6 Å². The van der Waals surface area contributed by atoms with Gasteiger partial charge in [0.1, 0.15) is 11.6 Å². The number of rotatable bonds is 4. The first kappa shape index (κ1) is 18.1. The van der Waals surface area contributed by atoms with E-state index in [0.717, 1.165) is 29.4 Å². The van der Waals surface area contributed by atoms with E-state index in [0.29, 0.717) is 11.7 Å². The lowest BCUT2D eigenvalue weighted by Gasteiger charge is -2.16. The second-order valence-electron chi connectivity index (χ2n) is 6.94. The first-order valence-corrected chi connectivity index (χ1v) is 8.78. The molecule has 1 aromatic heterocycles. The molecule has 0 aliphatic carbocycles. The Labute approximate surface area is 160 Å². The molecule has 1 unspecified atom stereocenters. The van der Waals surface area contributed by atoms with Crippen LogP contribution in [0.1, 0.15) is 18.2 Å². The number of amides is 1. The number of carbonyl (C=O) groups excluding carboxylic acids is 1. The molecule has 2 aromatic carbocycles. The summed E-state index contributed by atoms with van der Waals surface area (Å²) in [5, 5.41) is 4.02. The van der Waals surface area contributed by atoms with Gasteiger partial charge in [0.2, 0.25) is 5.91 Å². The van der Waals surface area contributed by atoms with Crippen molar-refractivity contribution in [3.63, 3.8) is 0 Å². The van der Waals surface area contributed by atoms with Crippen LogP contribution in [0.2, 0.25) is 0 Å². The molecule has 1 fully saturated rings. The molecule has 0 saturated carbocycles. The maximum absolute atomic E-state index is 13.5. The maximum Gasteiger partial charge on any atom is 0.258 e. The van der Waals surface area contributed by atoms with Gasteiger partial charge in [-0.1, -0.05) is 11.2 Å². The Morgan fingerprint density at radius 2 is 1.89 bits per heavy atom. The lowest BCUT2D eigenvalue weighted by molar-refractivity contribution is -0.117. The smallest absolute Gasteiger partial charge is 0.258 e.